The molecule has 0 bridgehead atoms. The van der Waals surface area contributed by atoms with E-state index in [-0.39, 0.29) is 0 Å². The molecule has 0 aliphatic carbocycles. The lowest BCUT2D eigenvalue weighted by atomic mass is 10.2. The van der Waals surface area contributed by atoms with Gasteiger partial charge in [-0.15, -0.1) is 0 Å². The van der Waals surface area contributed by atoms with Crippen molar-refractivity contribution in [3.05, 3.63) is 29.0 Å². The summed E-state index contributed by atoms with van der Waals surface area (Å²) in [6.07, 6.45) is 1.55. The van der Waals surface area contributed by atoms with Crippen molar-refractivity contribution >= 4 is 16.9 Å². The summed E-state index contributed by atoms with van der Waals surface area (Å²) in [7, 11) is 1.95. The van der Waals surface area contributed by atoms with Crippen LogP contribution in [0.1, 0.15) is 22.6 Å². The van der Waals surface area contributed by atoms with Crippen LogP contribution in [0.15, 0.2) is 6.33 Å². The minimum absolute atomic E-state index is 0.670. The molecule has 0 amide bonds. The zero-order chi connectivity index (χ0) is 14.3. The van der Waals surface area contributed by atoms with Crippen molar-refractivity contribution < 1.29 is 0 Å². The highest BCUT2D eigenvalue weighted by Gasteiger charge is 2.12. The number of hydrogen-bond donors (Lipinski definition) is 2. The normalized spacial score (nSPS) is 11.2. The molecule has 0 saturated heterocycles. The summed E-state index contributed by atoms with van der Waals surface area (Å²) in [6.45, 7) is 6.69. The van der Waals surface area contributed by atoms with E-state index >= 15 is 0 Å². The van der Waals surface area contributed by atoms with Crippen LogP contribution in [0.25, 0.3) is 11.0 Å². The molecule has 0 radical (unpaired) electrons. The second kappa shape index (κ2) is 4.59. The molecule has 20 heavy (non-hydrogen) atoms. The average molecular weight is 271 g/mol. The Labute approximate surface area is 116 Å². The van der Waals surface area contributed by atoms with Crippen LogP contribution in [0.4, 0.5) is 5.82 Å². The minimum atomic E-state index is 0.670. The number of fused-ring (bicyclic) bond motifs is 1. The molecule has 3 heterocycles. The maximum absolute atomic E-state index is 4.41. The third-order valence-corrected chi connectivity index (χ3v) is 3.60. The fourth-order valence-corrected chi connectivity index (χ4v) is 2.33. The Hall–Kier alpha value is -2.44. The third-order valence-electron chi connectivity index (χ3n) is 3.60. The van der Waals surface area contributed by atoms with E-state index in [1.54, 1.807) is 6.33 Å². The summed E-state index contributed by atoms with van der Waals surface area (Å²) >= 11 is 0. The summed E-state index contributed by atoms with van der Waals surface area (Å²) in [5.41, 5.74) is 5.93. The molecule has 0 aliphatic heterocycles. The van der Waals surface area contributed by atoms with Gasteiger partial charge >= 0.3 is 0 Å². The quantitative estimate of drug-likeness (QED) is 0.756. The standard InChI is InChI=1S/C13H17N7/c1-7-10(9(3)20(4)19-7)5-14-13-12-11(15-6-16-13)8(2)17-18-12/h6H,5H2,1-4H3,(H,17,18)(H,14,15,16). The van der Waals surface area contributed by atoms with Gasteiger partial charge in [-0.1, -0.05) is 0 Å². The summed E-state index contributed by atoms with van der Waals surface area (Å²) in [5, 5.41) is 14.9. The number of aromatic amines is 1. The first-order chi connectivity index (χ1) is 9.58. The first-order valence-electron chi connectivity index (χ1n) is 6.46. The molecule has 0 aliphatic rings. The van der Waals surface area contributed by atoms with Gasteiger partial charge in [0.05, 0.1) is 11.4 Å². The maximum atomic E-state index is 4.41. The number of nitrogens with zero attached hydrogens (tertiary/aromatic N) is 5. The number of nitrogens with one attached hydrogen (secondary N) is 2. The maximum Gasteiger partial charge on any atom is 0.158 e. The van der Waals surface area contributed by atoms with Crippen LogP contribution in [0, 0.1) is 20.8 Å². The molecule has 2 N–H and O–H groups in total. The van der Waals surface area contributed by atoms with Crippen LogP contribution in [0.5, 0.6) is 0 Å². The summed E-state index contributed by atoms with van der Waals surface area (Å²) in [6, 6.07) is 0. The lowest BCUT2D eigenvalue weighted by Gasteiger charge is -2.06. The molecule has 3 aromatic heterocycles. The summed E-state index contributed by atoms with van der Waals surface area (Å²) in [4.78, 5) is 8.50. The Kier molecular flexibility index (Phi) is 2.89. The zero-order valence-electron chi connectivity index (χ0n) is 12.0. The Balaban J connectivity index is 1.90. The smallest absolute Gasteiger partial charge is 0.158 e. The molecule has 0 fully saturated rings. The van der Waals surface area contributed by atoms with Crippen molar-refractivity contribution in [3.63, 3.8) is 0 Å². The van der Waals surface area contributed by atoms with Crippen LogP contribution < -0.4 is 5.32 Å². The van der Waals surface area contributed by atoms with Crippen molar-refractivity contribution in [2.24, 2.45) is 7.05 Å². The molecule has 7 nitrogen and oxygen atoms in total. The molecule has 0 unspecified atom stereocenters. The molecular weight excluding hydrogens is 254 g/mol. The van der Waals surface area contributed by atoms with Gasteiger partial charge in [0.2, 0.25) is 0 Å². The topological polar surface area (TPSA) is 84.3 Å². The van der Waals surface area contributed by atoms with Crippen molar-refractivity contribution in [2.45, 2.75) is 27.3 Å². The molecule has 0 aromatic carbocycles. The molecule has 3 aromatic rings. The molecule has 0 saturated carbocycles. The molecule has 7 heteroatoms. The highest BCUT2D eigenvalue weighted by Crippen LogP contribution is 2.20. The largest absolute Gasteiger partial charge is 0.364 e. The summed E-state index contributed by atoms with van der Waals surface area (Å²) in [5.74, 6) is 0.738. The Morgan fingerprint density at radius 3 is 2.70 bits per heavy atom. The van der Waals surface area contributed by atoms with Gasteiger partial charge < -0.3 is 5.32 Å². The number of aromatic nitrogens is 6. The van der Waals surface area contributed by atoms with Crippen LogP contribution >= 0.6 is 0 Å². The first-order valence-corrected chi connectivity index (χ1v) is 6.46. The molecular formula is C13H17N7. The van der Waals surface area contributed by atoms with Crippen molar-refractivity contribution in [2.75, 3.05) is 5.32 Å². The average Bonchev–Trinajstić information content (AvgIpc) is 2.91. The van der Waals surface area contributed by atoms with Gasteiger partial charge in [0.1, 0.15) is 11.8 Å². The monoisotopic (exact) mass is 271 g/mol. The molecule has 0 atom stereocenters. The summed E-state index contributed by atoms with van der Waals surface area (Å²) < 4.78 is 1.89. The third kappa shape index (κ3) is 1.91. The van der Waals surface area contributed by atoms with Crippen LogP contribution in [0.2, 0.25) is 0 Å². The number of hydrogen-bond acceptors (Lipinski definition) is 5. The van der Waals surface area contributed by atoms with Crippen LogP contribution in [-0.4, -0.2) is 29.9 Å². The van der Waals surface area contributed by atoms with Gasteiger partial charge in [-0.05, 0) is 20.8 Å². The van der Waals surface area contributed by atoms with Gasteiger partial charge in [0.25, 0.3) is 0 Å². The number of aryl methyl sites for hydroxylation is 3. The zero-order valence-corrected chi connectivity index (χ0v) is 12.0. The molecule has 104 valence electrons. The van der Waals surface area contributed by atoms with Crippen molar-refractivity contribution in [1.82, 2.24) is 29.9 Å². The SMILES string of the molecule is Cc1nn(C)c(C)c1CNc1ncnc2c(C)[nH]nc12. The second-order valence-electron chi connectivity index (χ2n) is 4.89. The van der Waals surface area contributed by atoms with E-state index in [1.807, 2.05) is 25.6 Å². The van der Waals surface area contributed by atoms with Gasteiger partial charge in [0.15, 0.2) is 11.3 Å². The van der Waals surface area contributed by atoms with E-state index in [0.29, 0.717) is 6.54 Å². The first kappa shape index (κ1) is 12.6. The highest BCUT2D eigenvalue weighted by molar-refractivity contribution is 5.86. The second-order valence-corrected chi connectivity index (χ2v) is 4.89. The molecule has 3 rings (SSSR count). The Morgan fingerprint density at radius 1 is 1.20 bits per heavy atom. The lowest BCUT2D eigenvalue weighted by molar-refractivity contribution is 0.730. The number of anilines is 1. The highest BCUT2D eigenvalue weighted by atomic mass is 15.3. The van der Waals surface area contributed by atoms with Gasteiger partial charge in [0, 0.05) is 24.8 Å². The fourth-order valence-electron chi connectivity index (χ4n) is 2.33. The Bertz CT molecular complexity index is 768. The van der Waals surface area contributed by atoms with Gasteiger partial charge in [-0.2, -0.15) is 10.2 Å². The minimum Gasteiger partial charge on any atom is -0.364 e. The van der Waals surface area contributed by atoms with Gasteiger partial charge in [-0.3, -0.25) is 9.78 Å². The van der Waals surface area contributed by atoms with E-state index < -0.39 is 0 Å². The van der Waals surface area contributed by atoms with Crippen LogP contribution in [0.3, 0.4) is 0 Å². The van der Waals surface area contributed by atoms with E-state index in [0.717, 1.165) is 33.9 Å². The van der Waals surface area contributed by atoms with Crippen molar-refractivity contribution in [3.8, 4) is 0 Å². The fraction of sp³-hybridized carbons (Fsp3) is 0.385. The number of rotatable bonds is 3. The van der Waals surface area contributed by atoms with E-state index in [1.165, 1.54) is 5.56 Å². The lowest BCUT2D eigenvalue weighted by Crippen LogP contribution is -2.04. The van der Waals surface area contributed by atoms with E-state index in [4.69, 9.17) is 0 Å². The predicted octanol–water partition coefficient (Wildman–Crippen LogP) is 1.62. The van der Waals surface area contributed by atoms with Crippen LogP contribution in [-0.2, 0) is 13.6 Å². The Morgan fingerprint density at radius 2 is 2.00 bits per heavy atom. The van der Waals surface area contributed by atoms with E-state index in [2.05, 4.69) is 37.5 Å². The van der Waals surface area contributed by atoms with Crippen molar-refractivity contribution in [1.29, 1.82) is 0 Å². The van der Waals surface area contributed by atoms with Gasteiger partial charge in [-0.25, -0.2) is 9.97 Å². The van der Waals surface area contributed by atoms with E-state index in [9.17, 15) is 0 Å². The predicted molar refractivity (Wildman–Crippen MR) is 76.4 cm³/mol. The number of H-pyrrole nitrogens is 1. The molecule has 0 spiro atoms.